The van der Waals surface area contributed by atoms with Crippen LogP contribution in [0.15, 0.2) is 48.9 Å². The third kappa shape index (κ3) is 4.16. The summed E-state index contributed by atoms with van der Waals surface area (Å²) in [5.74, 6) is -1.20. The Morgan fingerprint density at radius 1 is 0.951 bits per heavy atom. The standard InChI is InChI=1S/C30H29N7O4/c1-18(38)32-20-13-19-16-36(30(41)34-8-4-2-5-9-34)12-11-35-17-22(21(14-20)27(19)35)25-26(29(40)33-28(25)39)23-15-31-24-7-3-6-10-37(23)24/h3,6-7,10,13-15,17H,2,4-5,8-9,11-12,16H2,1H3,(H,32,38)(H,33,39,40). The van der Waals surface area contributed by atoms with Crippen LogP contribution in [0.3, 0.4) is 0 Å². The highest BCUT2D eigenvalue weighted by Gasteiger charge is 2.36. The number of piperidine rings is 1. The van der Waals surface area contributed by atoms with Crippen molar-refractivity contribution in [1.29, 1.82) is 0 Å². The van der Waals surface area contributed by atoms with Gasteiger partial charge in [-0.1, -0.05) is 6.07 Å². The van der Waals surface area contributed by atoms with Gasteiger partial charge < -0.3 is 19.7 Å². The van der Waals surface area contributed by atoms with Gasteiger partial charge in [-0.25, -0.2) is 9.78 Å². The summed E-state index contributed by atoms with van der Waals surface area (Å²) in [5, 5.41) is 6.08. The number of urea groups is 1. The van der Waals surface area contributed by atoms with Crippen molar-refractivity contribution >= 4 is 57.1 Å². The highest BCUT2D eigenvalue weighted by Crippen LogP contribution is 2.39. The molecule has 2 N–H and O–H groups in total. The van der Waals surface area contributed by atoms with Gasteiger partial charge in [-0.05, 0) is 49.1 Å². The van der Waals surface area contributed by atoms with Crippen LogP contribution in [0.4, 0.5) is 10.5 Å². The Morgan fingerprint density at radius 3 is 2.56 bits per heavy atom. The van der Waals surface area contributed by atoms with Crippen LogP contribution in [0, 0.1) is 0 Å². The Labute approximate surface area is 235 Å². The van der Waals surface area contributed by atoms with Gasteiger partial charge in [0.1, 0.15) is 5.65 Å². The molecule has 0 atom stereocenters. The van der Waals surface area contributed by atoms with Crippen LogP contribution in [0.25, 0.3) is 27.7 Å². The third-order valence-corrected chi connectivity index (χ3v) is 8.11. The molecule has 0 unspecified atom stereocenters. The first-order valence-corrected chi connectivity index (χ1v) is 13.9. The number of likely N-dealkylation sites (tertiary alicyclic amines) is 1. The second kappa shape index (κ2) is 9.61. The van der Waals surface area contributed by atoms with Crippen molar-refractivity contribution in [3.05, 3.63) is 65.7 Å². The van der Waals surface area contributed by atoms with Crippen LogP contribution in [-0.4, -0.2) is 67.1 Å². The van der Waals surface area contributed by atoms with E-state index in [1.807, 2.05) is 46.3 Å². The quantitative estimate of drug-likeness (QED) is 0.379. The van der Waals surface area contributed by atoms with E-state index in [0.29, 0.717) is 42.2 Å². The van der Waals surface area contributed by atoms with Gasteiger partial charge in [-0.3, -0.25) is 24.1 Å². The molecule has 11 nitrogen and oxygen atoms in total. The Hall–Kier alpha value is -4.93. The summed E-state index contributed by atoms with van der Waals surface area (Å²) in [6, 6.07) is 9.28. The van der Waals surface area contributed by atoms with Crippen molar-refractivity contribution in [2.45, 2.75) is 39.3 Å². The van der Waals surface area contributed by atoms with Crippen molar-refractivity contribution in [1.82, 2.24) is 29.1 Å². The van der Waals surface area contributed by atoms with Crippen LogP contribution < -0.4 is 10.6 Å². The zero-order valence-electron chi connectivity index (χ0n) is 22.6. The first kappa shape index (κ1) is 25.1. The molecule has 7 rings (SSSR count). The van der Waals surface area contributed by atoms with Gasteiger partial charge in [0.15, 0.2) is 0 Å². The second-order valence-electron chi connectivity index (χ2n) is 10.8. The van der Waals surface area contributed by atoms with Gasteiger partial charge in [0, 0.05) is 68.7 Å². The predicted octanol–water partition coefficient (Wildman–Crippen LogP) is 3.24. The fraction of sp³-hybridized carbons (Fsp3) is 0.300. The first-order chi connectivity index (χ1) is 19.9. The van der Waals surface area contributed by atoms with E-state index in [1.54, 1.807) is 16.8 Å². The van der Waals surface area contributed by atoms with E-state index >= 15 is 0 Å². The Kier molecular flexibility index (Phi) is 5.88. The number of anilines is 1. The lowest BCUT2D eigenvalue weighted by Crippen LogP contribution is -2.45. The van der Waals surface area contributed by atoms with E-state index in [0.717, 1.165) is 48.8 Å². The third-order valence-electron chi connectivity index (χ3n) is 8.11. The van der Waals surface area contributed by atoms with E-state index < -0.39 is 11.8 Å². The first-order valence-electron chi connectivity index (χ1n) is 13.9. The maximum atomic E-state index is 13.5. The molecule has 1 aromatic carbocycles. The molecule has 208 valence electrons. The number of aromatic nitrogens is 3. The monoisotopic (exact) mass is 551 g/mol. The molecule has 3 aliphatic heterocycles. The lowest BCUT2D eigenvalue weighted by molar-refractivity contribution is -0.123. The highest BCUT2D eigenvalue weighted by atomic mass is 16.2. The van der Waals surface area contributed by atoms with Gasteiger partial charge in [-0.15, -0.1) is 0 Å². The summed E-state index contributed by atoms with van der Waals surface area (Å²) >= 11 is 0. The number of hydrogen-bond donors (Lipinski definition) is 2. The average molecular weight is 552 g/mol. The largest absolute Gasteiger partial charge is 0.345 e. The number of benzene rings is 1. The Morgan fingerprint density at radius 2 is 1.76 bits per heavy atom. The predicted molar refractivity (Wildman–Crippen MR) is 153 cm³/mol. The number of hydrogen-bond acceptors (Lipinski definition) is 5. The van der Waals surface area contributed by atoms with Crippen LogP contribution >= 0.6 is 0 Å². The minimum absolute atomic E-state index is 0.0205. The topological polar surface area (TPSA) is 121 Å². The van der Waals surface area contributed by atoms with Crippen molar-refractivity contribution in [3.63, 3.8) is 0 Å². The number of rotatable bonds is 3. The number of pyridine rings is 1. The van der Waals surface area contributed by atoms with Gasteiger partial charge in [0.05, 0.1) is 28.6 Å². The number of amides is 5. The van der Waals surface area contributed by atoms with Gasteiger partial charge >= 0.3 is 6.03 Å². The molecule has 4 aromatic rings. The van der Waals surface area contributed by atoms with Crippen LogP contribution in [0.5, 0.6) is 0 Å². The maximum absolute atomic E-state index is 13.5. The average Bonchev–Trinajstić information content (AvgIpc) is 3.58. The lowest BCUT2D eigenvalue weighted by atomic mass is 9.97. The molecule has 5 amide bonds. The summed E-state index contributed by atoms with van der Waals surface area (Å²) in [6.45, 7) is 4.35. The summed E-state index contributed by atoms with van der Waals surface area (Å²) < 4.78 is 3.84. The molecule has 0 saturated carbocycles. The molecular formula is C30H29N7O4. The lowest BCUT2D eigenvalue weighted by Gasteiger charge is -2.32. The molecule has 1 fully saturated rings. The minimum atomic E-state index is -0.486. The van der Waals surface area contributed by atoms with E-state index in [4.69, 9.17) is 0 Å². The normalized spacial score (nSPS) is 17.4. The number of imidazole rings is 1. The molecule has 0 radical (unpaired) electrons. The molecule has 0 spiro atoms. The maximum Gasteiger partial charge on any atom is 0.320 e. The van der Waals surface area contributed by atoms with Crippen molar-refractivity contribution in [2.75, 3.05) is 25.0 Å². The summed E-state index contributed by atoms with van der Waals surface area (Å²) in [4.78, 5) is 60.3. The van der Waals surface area contributed by atoms with Crippen LogP contribution in [-0.2, 0) is 27.5 Å². The molecule has 6 heterocycles. The zero-order chi connectivity index (χ0) is 28.2. The number of imide groups is 1. The minimum Gasteiger partial charge on any atom is -0.345 e. The molecule has 3 aromatic heterocycles. The summed E-state index contributed by atoms with van der Waals surface area (Å²) in [5.41, 5.74) is 4.58. The van der Waals surface area contributed by atoms with Gasteiger partial charge in [-0.2, -0.15) is 0 Å². The molecule has 0 bridgehead atoms. The van der Waals surface area contributed by atoms with E-state index in [9.17, 15) is 19.2 Å². The van der Waals surface area contributed by atoms with Gasteiger partial charge in [0.25, 0.3) is 11.8 Å². The second-order valence-corrected chi connectivity index (χ2v) is 10.8. The molecule has 1 saturated heterocycles. The number of nitrogens with zero attached hydrogens (tertiary/aromatic N) is 5. The molecule has 3 aliphatic rings. The highest BCUT2D eigenvalue weighted by molar-refractivity contribution is 6.50. The molecular weight excluding hydrogens is 522 g/mol. The van der Waals surface area contributed by atoms with Gasteiger partial charge in [0.2, 0.25) is 5.91 Å². The number of nitrogens with one attached hydrogen (secondary N) is 2. The number of carbonyl (C=O) groups excluding carboxylic acids is 4. The fourth-order valence-electron chi connectivity index (χ4n) is 6.34. The van der Waals surface area contributed by atoms with E-state index in [1.165, 1.54) is 6.92 Å². The van der Waals surface area contributed by atoms with Crippen LogP contribution in [0.1, 0.15) is 43.0 Å². The molecule has 41 heavy (non-hydrogen) atoms. The van der Waals surface area contributed by atoms with Crippen molar-refractivity contribution < 1.29 is 19.2 Å². The fourth-order valence-corrected chi connectivity index (χ4v) is 6.34. The Balaban J connectivity index is 1.40. The van der Waals surface area contributed by atoms with Crippen LogP contribution in [0.2, 0.25) is 0 Å². The smallest absolute Gasteiger partial charge is 0.320 e. The van der Waals surface area contributed by atoms with E-state index in [-0.39, 0.29) is 23.1 Å². The summed E-state index contributed by atoms with van der Waals surface area (Å²) in [7, 11) is 0. The van der Waals surface area contributed by atoms with Crippen molar-refractivity contribution in [2.24, 2.45) is 0 Å². The van der Waals surface area contributed by atoms with Crippen molar-refractivity contribution in [3.8, 4) is 0 Å². The zero-order valence-corrected chi connectivity index (χ0v) is 22.6. The number of fused-ring (bicyclic) bond motifs is 1. The molecule has 0 aliphatic carbocycles. The molecule has 11 heteroatoms. The SMILES string of the molecule is CC(=O)Nc1cc2c3c(c1)c(C1=C(c4cnc5ccccn45)C(=O)NC1=O)cn3CCN(C(=O)N1CCCCC1)C2. The summed E-state index contributed by atoms with van der Waals surface area (Å²) in [6.07, 6.45) is 8.45. The van der Waals surface area contributed by atoms with E-state index in [2.05, 4.69) is 20.2 Å². The number of carbonyl (C=O) groups is 4. The Bertz CT molecular complexity index is 1810.